The normalized spacial score (nSPS) is 12.1. The van der Waals surface area contributed by atoms with Gasteiger partial charge >= 0.3 is 5.76 Å². The molecule has 1 heterocycles. The van der Waals surface area contributed by atoms with Crippen LogP contribution >= 0.6 is 0 Å². The van der Waals surface area contributed by atoms with Gasteiger partial charge in [0, 0.05) is 13.6 Å². The number of aromatic nitrogens is 1. The molecule has 2 aromatic rings. The molecule has 1 aromatic heterocycles. The maximum atomic E-state index is 12.1. The molecule has 1 aromatic carbocycles. The van der Waals surface area contributed by atoms with E-state index in [1.807, 2.05) is 0 Å². The fourth-order valence-corrected chi connectivity index (χ4v) is 2.80. The van der Waals surface area contributed by atoms with Gasteiger partial charge in [0.15, 0.2) is 5.58 Å². The molecule has 8 nitrogen and oxygen atoms in total. The maximum Gasteiger partial charge on any atom is 0.419 e. The van der Waals surface area contributed by atoms with Gasteiger partial charge in [-0.15, -0.1) is 0 Å². The highest BCUT2D eigenvalue weighted by Crippen LogP contribution is 2.17. The Labute approximate surface area is 121 Å². The van der Waals surface area contributed by atoms with E-state index < -0.39 is 15.8 Å². The summed E-state index contributed by atoms with van der Waals surface area (Å²) in [5, 5.41) is 8.53. The summed E-state index contributed by atoms with van der Waals surface area (Å²) >= 11 is 0. The fourth-order valence-electron chi connectivity index (χ4n) is 1.77. The minimum Gasteiger partial charge on any atom is -0.408 e. The average molecular weight is 316 g/mol. The number of aryl methyl sites for hydroxylation is 1. The zero-order valence-corrected chi connectivity index (χ0v) is 12.2. The Morgan fingerprint density at radius 1 is 1.38 bits per heavy atom. The molecule has 0 spiro atoms. The van der Waals surface area contributed by atoms with Gasteiger partial charge in [0.05, 0.1) is 30.2 Å². The second kappa shape index (κ2) is 6.39. The standard InChI is InChI=1S/C12H16N2O6S/c1-14-10-8-9(2-3-11(10)20-12(14)16)21(17,18)13-4-6-19-7-5-15/h2-3,8,13,15H,4-7H2,1H3. The number of nitrogens with zero attached hydrogens (tertiary/aromatic N) is 1. The van der Waals surface area contributed by atoms with Crippen LogP contribution < -0.4 is 10.5 Å². The number of ether oxygens (including phenoxy) is 1. The molecule has 0 fully saturated rings. The maximum absolute atomic E-state index is 12.1. The molecule has 116 valence electrons. The van der Waals surface area contributed by atoms with Crippen molar-refractivity contribution in [2.75, 3.05) is 26.4 Å². The smallest absolute Gasteiger partial charge is 0.408 e. The van der Waals surface area contributed by atoms with Crippen LogP contribution in [0.3, 0.4) is 0 Å². The quantitative estimate of drug-likeness (QED) is 0.661. The lowest BCUT2D eigenvalue weighted by Crippen LogP contribution is -2.27. The van der Waals surface area contributed by atoms with E-state index >= 15 is 0 Å². The summed E-state index contributed by atoms with van der Waals surface area (Å²) in [6, 6.07) is 4.17. The molecule has 9 heteroatoms. The molecule has 0 aliphatic rings. The van der Waals surface area contributed by atoms with E-state index in [0.717, 1.165) is 0 Å². The van der Waals surface area contributed by atoms with E-state index in [2.05, 4.69) is 4.72 Å². The van der Waals surface area contributed by atoms with Gasteiger partial charge in [-0.1, -0.05) is 0 Å². The Balaban J connectivity index is 2.16. The van der Waals surface area contributed by atoms with Gasteiger partial charge in [0.25, 0.3) is 0 Å². The monoisotopic (exact) mass is 316 g/mol. The Kier molecular flexibility index (Phi) is 4.78. The van der Waals surface area contributed by atoms with Crippen LogP contribution in [0.25, 0.3) is 11.1 Å². The largest absolute Gasteiger partial charge is 0.419 e. The molecule has 2 N–H and O–H groups in total. The van der Waals surface area contributed by atoms with Crippen LogP contribution in [0.1, 0.15) is 0 Å². The Morgan fingerprint density at radius 2 is 2.14 bits per heavy atom. The molecule has 0 unspecified atom stereocenters. The van der Waals surface area contributed by atoms with Crippen LogP contribution in [0, 0.1) is 0 Å². The summed E-state index contributed by atoms with van der Waals surface area (Å²) in [7, 11) is -2.20. The van der Waals surface area contributed by atoms with Crippen LogP contribution in [0.2, 0.25) is 0 Å². The SMILES string of the molecule is Cn1c(=O)oc2ccc(S(=O)(=O)NCCOCCO)cc21. The van der Waals surface area contributed by atoms with E-state index in [0.29, 0.717) is 11.1 Å². The zero-order chi connectivity index (χ0) is 15.5. The lowest BCUT2D eigenvalue weighted by molar-refractivity contribution is 0.0961. The zero-order valence-electron chi connectivity index (χ0n) is 11.4. The topological polar surface area (TPSA) is 111 Å². The van der Waals surface area contributed by atoms with Crippen LogP contribution in [-0.2, 0) is 21.8 Å². The van der Waals surface area contributed by atoms with Crippen LogP contribution in [0.5, 0.6) is 0 Å². The van der Waals surface area contributed by atoms with Gasteiger partial charge in [-0.25, -0.2) is 17.9 Å². The molecule has 0 amide bonds. The van der Waals surface area contributed by atoms with Crippen LogP contribution in [0.4, 0.5) is 0 Å². The molecule has 0 radical (unpaired) electrons. The summed E-state index contributed by atoms with van der Waals surface area (Å²) in [5.41, 5.74) is 0.729. The number of hydrogen-bond acceptors (Lipinski definition) is 6. The van der Waals surface area contributed by atoms with Crippen molar-refractivity contribution in [2.45, 2.75) is 4.90 Å². The predicted octanol–water partition coefficient (Wildman–Crippen LogP) is -0.581. The first-order valence-corrected chi connectivity index (χ1v) is 7.72. The Morgan fingerprint density at radius 3 is 2.86 bits per heavy atom. The van der Waals surface area contributed by atoms with Crippen LogP contribution in [-0.4, -0.2) is 44.5 Å². The number of oxazole rings is 1. The number of aliphatic hydroxyl groups excluding tert-OH is 1. The molecular weight excluding hydrogens is 300 g/mol. The van der Waals surface area contributed by atoms with Crippen molar-refractivity contribution in [1.29, 1.82) is 0 Å². The molecule has 2 rings (SSSR count). The third-order valence-corrected chi connectivity index (χ3v) is 4.31. The molecule has 21 heavy (non-hydrogen) atoms. The minimum absolute atomic E-state index is 0.0357. The number of aliphatic hydroxyl groups is 1. The molecule has 0 saturated heterocycles. The third-order valence-electron chi connectivity index (χ3n) is 2.85. The van der Waals surface area contributed by atoms with Gasteiger partial charge in [0.2, 0.25) is 10.0 Å². The highest BCUT2D eigenvalue weighted by Gasteiger charge is 2.16. The second-order valence-electron chi connectivity index (χ2n) is 4.29. The van der Waals surface area contributed by atoms with Crippen molar-refractivity contribution in [3.8, 4) is 0 Å². The van der Waals surface area contributed by atoms with Gasteiger partial charge in [-0.05, 0) is 18.2 Å². The average Bonchev–Trinajstić information content (AvgIpc) is 2.73. The summed E-state index contributed by atoms with van der Waals surface area (Å²) < 4.78 is 37.7. The van der Waals surface area contributed by atoms with Crippen molar-refractivity contribution < 1.29 is 22.7 Å². The van der Waals surface area contributed by atoms with Gasteiger partial charge in [-0.3, -0.25) is 4.57 Å². The summed E-state index contributed by atoms with van der Waals surface area (Å²) in [6.45, 7) is 0.291. The number of nitrogens with one attached hydrogen (secondary N) is 1. The first-order valence-electron chi connectivity index (χ1n) is 6.23. The first-order chi connectivity index (χ1) is 9.95. The molecular formula is C12H16N2O6S. The number of hydrogen-bond donors (Lipinski definition) is 2. The van der Waals surface area contributed by atoms with Crippen molar-refractivity contribution in [3.63, 3.8) is 0 Å². The van der Waals surface area contributed by atoms with E-state index in [-0.39, 0.29) is 31.3 Å². The molecule has 0 bridgehead atoms. The predicted molar refractivity (Wildman–Crippen MR) is 74.5 cm³/mol. The number of benzene rings is 1. The Hall–Kier alpha value is -1.68. The molecule has 0 aliphatic carbocycles. The highest BCUT2D eigenvalue weighted by molar-refractivity contribution is 7.89. The van der Waals surface area contributed by atoms with Crippen molar-refractivity contribution in [3.05, 3.63) is 28.7 Å². The minimum atomic E-state index is -3.70. The first kappa shape index (κ1) is 15.7. The summed E-state index contributed by atoms with van der Waals surface area (Å²) in [5.74, 6) is -0.551. The fraction of sp³-hybridized carbons (Fsp3) is 0.417. The molecule has 0 atom stereocenters. The van der Waals surface area contributed by atoms with Gasteiger partial charge < -0.3 is 14.3 Å². The lowest BCUT2D eigenvalue weighted by atomic mass is 10.3. The number of rotatable bonds is 7. The lowest BCUT2D eigenvalue weighted by Gasteiger charge is -2.07. The summed E-state index contributed by atoms with van der Waals surface area (Å²) in [4.78, 5) is 11.4. The molecule has 0 aliphatic heterocycles. The Bertz CT molecular complexity index is 777. The summed E-state index contributed by atoms with van der Waals surface area (Å²) in [6.07, 6.45) is 0. The second-order valence-corrected chi connectivity index (χ2v) is 6.06. The van der Waals surface area contributed by atoms with E-state index in [1.54, 1.807) is 0 Å². The molecule has 0 saturated carbocycles. The van der Waals surface area contributed by atoms with E-state index in [4.69, 9.17) is 14.3 Å². The number of fused-ring (bicyclic) bond motifs is 1. The van der Waals surface area contributed by atoms with E-state index in [1.165, 1.54) is 29.8 Å². The highest BCUT2D eigenvalue weighted by atomic mass is 32.2. The van der Waals surface area contributed by atoms with Crippen LogP contribution in [0.15, 0.2) is 32.3 Å². The number of sulfonamides is 1. The van der Waals surface area contributed by atoms with Crippen molar-refractivity contribution in [1.82, 2.24) is 9.29 Å². The van der Waals surface area contributed by atoms with Gasteiger partial charge in [0.1, 0.15) is 0 Å². The van der Waals surface area contributed by atoms with Crippen molar-refractivity contribution in [2.24, 2.45) is 7.05 Å². The van der Waals surface area contributed by atoms with Gasteiger partial charge in [-0.2, -0.15) is 0 Å². The third kappa shape index (κ3) is 3.50. The van der Waals surface area contributed by atoms with E-state index in [9.17, 15) is 13.2 Å². The van der Waals surface area contributed by atoms with Crippen molar-refractivity contribution >= 4 is 21.1 Å².